The van der Waals surface area contributed by atoms with Crippen LogP contribution in [-0.4, -0.2) is 47.6 Å². The molecule has 2 aromatic carbocycles. The molecule has 40 heavy (non-hydrogen) atoms. The smallest absolute Gasteiger partial charge is 0.407 e. The third-order valence-corrected chi connectivity index (χ3v) is 5.89. The van der Waals surface area contributed by atoms with E-state index >= 15 is 0 Å². The van der Waals surface area contributed by atoms with Crippen LogP contribution >= 0.6 is 23.2 Å². The minimum absolute atomic E-state index is 0.0109. The number of nitro benzene ring substituents is 1. The molecule has 0 unspecified atom stereocenters. The van der Waals surface area contributed by atoms with Crippen LogP contribution in [0.1, 0.15) is 57.8 Å². The quantitative estimate of drug-likeness (QED) is 0.155. The first-order valence-electron chi connectivity index (χ1n) is 12.6. The minimum atomic E-state index is -0.968. The van der Waals surface area contributed by atoms with Gasteiger partial charge in [0.15, 0.2) is 0 Å². The van der Waals surface area contributed by atoms with Gasteiger partial charge in [-0.2, -0.15) is 0 Å². The van der Waals surface area contributed by atoms with Gasteiger partial charge in [0.1, 0.15) is 17.4 Å². The molecule has 0 radical (unpaired) electrons. The van der Waals surface area contributed by atoms with Crippen molar-refractivity contribution in [1.82, 2.24) is 10.6 Å². The van der Waals surface area contributed by atoms with Gasteiger partial charge < -0.3 is 25.4 Å². The molecule has 0 heterocycles. The Bertz CT molecular complexity index is 1230. The van der Waals surface area contributed by atoms with Crippen LogP contribution in [0, 0.1) is 16.0 Å². The number of carbonyl (C=O) groups excluding carboxylic acids is 3. The zero-order chi connectivity index (χ0) is 30.0. The van der Waals surface area contributed by atoms with Gasteiger partial charge in [0, 0.05) is 23.7 Å². The van der Waals surface area contributed by atoms with Gasteiger partial charge in [-0.3, -0.25) is 19.7 Å². The molecule has 0 saturated heterocycles. The number of benzene rings is 2. The number of hydrogen-bond donors (Lipinski definition) is 3. The molecule has 0 aliphatic rings. The van der Waals surface area contributed by atoms with Crippen molar-refractivity contribution in [3.63, 3.8) is 0 Å². The van der Waals surface area contributed by atoms with Crippen molar-refractivity contribution in [2.75, 3.05) is 18.5 Å². The summed E-state index contributed by atoms with van der Waals surface area (Å²) in [6, 6.07) is 7.29. The number of ether oxygens (including phenoxy) is 2. The molecular weight excluding hydrogens is 563 g/mol. The third kappa shape index (κ3) is 10.5. The normalized spacial score (nSPS) is 11.9. The second-order valence-electron chi connectivity index (χ2n) is 10.2. The Labute approximate surface area is 243 Å². The average Bonchev–Trinajstić information content (AvgIpc) is 2.84. The summed E-state index contributed by atoms with van der Waals surface area (Å²) in [6.07, 6.45) is 0.714. The molecule has 11 nitrogen and oxygen atoms in total. The summed E-state index contributed by atoms with van der Waals surface area (Å²) in [5, 5.41) is 19.2. The van der Waals surface area contributed by atoms with Crippen molar-refractivity contribution in [3.05, 3.63) is 62.1 Å². The molecule has 3 amide bonds. The number of carbonyl (C=O) groups is 3. The second kappa shape index (κ2) is 14.7. The van der Waals surface area contributed by atoms with Crippen molar-refractivity contribution in [2.24, 2.45) is 5.92 Å². The van der Waals surface area contributed by atoms with Gasteiger partial charge in [-0.25, -0.2) is 4.79 Å². The summed E-state index contributed by atoms with van der Waals surface area (Å²) >= 11 is 12.2. The van der Waals surface area contributed by atoms with E-state index in [1.165, 1.54) is 18.2 Å². The maximum atomic E-state index is 13.2. The van der Waals surface area contributed by atoms with E-state index in [4.69, 9.17) is 32.7 Å². The van der Waals surface area contributed by atoms with Crippen molar-refractivity contribution in [3.8, 4) is 5.75 Å². The lowest BCUT2D eigenvalue weighted by Gasteiger charge is -2.23. The fourth-order valence-electron chi connectivity index (χ4n) is 3.40. The Morgan fingerprint density at radius 2 is 1.75 bits per heavy atom. The number of nitrogens with zero attached hydrogens (tertiary/aromatic N) is 1. The highest BCUT2D eigenvalue weighted by atomic mass is 35.5. The highest BCUT2D eigenvalue weighted by Crippen LogP contribution is 2.27. The van der Waals surface area contributed by atoms with E-state index < -0.39 is 34.5 Å². The Kier molecular flexibility index (Phi) is 12.0. The van der Waals surface area contributed by atoms with E-state index in [1.807, 2.05) is 0 Å². The van der Waals surface area contributed by atoms with E-state index in [0.717, 1.165) is 6.07 Å². The van der Waals surface area contributed by atoms with Crippen molar-refractivity contribution < 1.29 is 28.8 Å². The van der Waals surface area contributed by atoms with Crippen LogP contribution in [0.4, 0.5) is 16.2 Å². The summed E-state index contributed by atoms with van der Waals surface area (Å²) in [4.78, 5) is 48.3. The van der Waals surface area contributed by atoms with Crippen LogP contribution in [-0.2, 0) is 9.53 Å². The van der Waals surface area contributed by atoms with Crippen molar-refractivity contribution >= 4 is 52.5 Å². The van der Waals surface area contributed by atoms with E-state index in [9.17, 15) is 24.5 Å². The lowest BCUT2D eigenvalue weighted by molar-refractivity contribution is -0.384. The molecular formula is C27H34Cl2N4O7. The molecule has 0 aliphatic heterocycles. The van der Waals surface area contributed by atoms with Crippen LogP contribution in [0.3, 0.4) is 0 Å². The molecule has 13 heteroatoms. The largest absolute Gasteiger partial charge is 0.493 e. The van der Waals surface area contributed by atoms with E-state index in [0.29, 0.717) is 24.4 Å². The molecule has 0 fully saturated rings. The van der Waals surface area contributed by atoms with Crippen molar-refractivity contribution in [1.29, 1.82) is 0 Å². The van der Waals surface area contributed by atoms with Crippen LogP contribution in [0.2, 0.25) is 10.0 Å². The van der Waals surface area contributed by atoms with Crippen LogP contribution in [0.5, 0.6) is 5.75 Å². The van der Waals surface area contributed by atoms with Gasteiger partial charge in [0.2, 0.25) is 5.91 Å². The fraction of sp³-hybridized carbons (Fsp3) is 0.444. The lowest BCUT2D eigenvalue weighted by Crippen LogP contribution is -2.47. The predicted molar refractivity (Wildman–Crippen MR) is 153 cm³/mol. The summed E-state index contributed by atoms with van der Waals surface area (Å²) in [6.45, 7) is 9.52. The van der Waals surface area contributed by atoms with Crippen LogP contribution in [0.15, 0.2) is 36.4 Å². The number of hydrogen-bond acceptors (Lipinski definition) is 7. The molecule has 0 spiro atoms. The Morgan fingerprint density at radius 1 is 1.05 bits per heavy atom. The number of anilines is 1. The molecule has 0 bridgehead atoms. The van der Waals surface area contributed by atoms with E-state index in [2.05, 4.69) is 16.0 Å². The molecule has 218 valence electrons. The highest BCUT2D eigenvalue weighted by molar-refractivity contribution is 6.34. The monoisotopic (exact) mass is 596 g/mol. The van der Waals surface area contributed by atoms with E-state index in [-0.39, 0.29) is 40.2 Å². The third-order valence-electron chi connectivity index (χ3n) is 5.34. The molecule has 2 rings (SSSR count). The first-order valence-corrected chi connectivity index (χ1v) is 13.4. The predicted octanol–water partition coefficient (Wildman–Crippen LogP) is 5.98. The number of nitrogens with one attached hydrogen (secondary N) is 3. The molecule has 3 N–H and O–H groups in total. The topological polar surface area (TPSA) is 149 Å². The first-order chi connectivity index (χ1) is 18.7. The summed E-state index contributed by atoms with van der Waals surface area (Å²) in [5.41, 5.74) is -0.480. The second-order valence-corrected chi connectivity index (χ2v) is 11.1. The van der Waals surface area contributed by atoms with Gasteiger partial charge in [0.25, 0.3) is 11.6 Å². The standard InChI is InChI=1S/C27H34Cl2N4O7/c1-16(2)23(25(35)31-21-10-9-18(33(37)38)15-20(21)29)32-24(34)19-14-17(28)8-11-22(19)39-13-7-6-12-30-26(36)40-27(3,4)5/h8-11,14-16,23H,6-7,12-13H2,1-5H3,(H,30,36)(H,31,35)(H,32,34)/t23-/m0/s1. The number of rotatable bonds is 12. The summed E-state index contributed by atoms with van der Waals surface area (Å²) in [5.74, 6) is -1.17. The molecule has 0 aromatic heterocycles. The summed E-state index contributed by atoms with van der Waals surface area (Å²) in [7, 11) is 0. The van der Waals surface area contributed by atoms with Gasteiger partial charge in [-0.15, -0.1) is 0 Å². The number of alkyl carbamates (subject to hydrolysis) is 1. The number of unbranched alkanes of at least 4 members (excludes halogenated alkanes) is 1. The Hall–Kier alpha value is -3.57. The van der Waals surface area contributed by atoms with Crippen molar-refractivity contribution in [2.45, 2.75) is 59.1 Å². The van der Waals surface area contributed by atoms with Gasteiger partial charge in [-0.05, 0) is 63.8 Å². The van der Waals surface area contributed by atoms with Gasteiger partial charge in [0.05, 0.1) is 27.8 Å². The zero-order valence-electron chi connectivity index (χ0n) is 23.0. The minimum Gasteiger partial charge on any atom is -0.493 e. The lowest BCUT2D eigenvalue weighted by atomic mass is 10.0. The van der Waals surface area contributed by atoms with E-state index in [1.54, 1.807) is 46.8 Å². The maximum absolute atomic E-state index is 13.2. The fourth-order valence-corrected chi connectivity index (χ4v) is 3.80. The number of amides is 3. The number of non-ortho nitro benzene ring substituents is 1. The average molecular weight is 597 g/mol. The molecule has 1 atom stereocenters. The molecule has 2 aromatic rings. The number of nitro groups is 1. The SMILES string of the molecule is CC(C)[C@H](NC(=O)c1cc(Cl)ccc1OCCCCNC(=O)OC(C)(C)C)C(=O)Nc1ccc([N+](=O)[O-])cc1Cl. The summed E-state index contributed by atoms with van der Waals surface area (Å²) < 4.78 is 11.0. The van der Waals surface area contributed by atoms with Gasteiger partial charge >= 0.3 is 6.09 Å². The first kappa shape index (κ1) is 32.6. The number of halogens is 2. The Morgan fingerprint density at radius 3 is 2.35 bits per heavy atom. The molecule has 0 aliphatic carbocycles. The highest BCUT2D eigenvalue weighted by Gasteiger charge is 2.27. The maximum Gasteiger partial charge on any atom is 0.407 e. The molecule has 0 saturated carbocycles. The van der Waals surface area contributed by atoms with Crippen LogP contribution in [0.25, 0.3) is 0 Å². The van der Waals surface area contributed by atoms with Gasteiger partial charge in [-0.1, -0.05) is 37.0 Å². The van der Waals surface area contributed by atoms with Crippen LogP contribution < -0.4 is 20.7 Å². The Balaban J connectivity index is 2.01. The zero-order valence-corrected chi connectivity index (χ0v) is 24.5.